The SMILES string of the molecule is CC(NC(=O)C(N)CO)C(=O)NC(Cc1c[nH]c2ccccc12)C(=O)NC(CC(=O)O)C(=O)O. The summed E-state index contributed by atoms with van der Waals surface area (Å²) in [6.45, 7) is 0.703. The molecule has 0 aliphatic carbocycles. The number of benzene rings is 1. The van der Waals surface area contributed by atoms with Gasteiger partial charge >= 0.3 is 11.9 Å². The van der Waals surface area contributed by atoms with Crippen LogP contribution in [0.5, 0.6) is 0 Å². The van der Waals surface area contributed by atoms with Gasteiger partial charge in [-0.2, -0.15) is 0 Å². The molecule has 13 heteroatoms. The molecular formula is C21H27N5O8. The molecule has 3 amide bonds. The van der Waals surface area contributed by atoms with Crippen LogP contribution in [0.25, 0.3) is 10.9 Å². The number of para-hydroxylation sites is 1. The number of aromatic nitrogens is 1. The standard InChI is InChI=1S/C21H27N5O8/c1-10(24-19(31)13(22)9-27)18(30)25-15(20(32)26-16(21(33)34)7-17(28)29)6-11-8-23-14-5-3-2-4-12(11)14/h2-5,8,10,13,15-16,23,27H,6-7,9,22H2,1H3,(H,24,31)(H,25,30)(H,26,32)(H,28,29)(H,33,34). The third-order valence-corrected chi connectivity index (χ3v) is 5.01. The molecule has 0 spiro atoms. The van der Waals surface area contributed by atoms with Crippen molar-refractivity contribution in [2.75, 3.05) is 6.61 Å². The number of aliphatic carboxylic acids is 2. The van der Waals surface area contributed by atoms with Gasteiger partial charge in [-0.1, -0.05) is 18.2 Å². The van der Waals surface area contributed by atoms with Gasteiger partial charge in [0.15, 0.2) is 0 Å². The smallest absolute Gasteiger partial charge is 0.326 e. The average molecular weight is 477 g/mol. The van der Waals surface area contributed by atoms with Gasteiger partial charge < -0.3 is 42.0 Å². The van der Waals surface area contributed by atoms with E-state index in [0.717, 1.165) is 10.9 Å². The minimum absolute atomic E-state index is 0.0577. The second-order valence-electron chi connectivity index (χ2n) is 7.64. The highest BCUT2D eigenvalue weighted by Crippen LogP contribution is 2.19. The fraction of sp³-hybridized carbons (Fsp3) is 0.381. The molecule has 9 N–H and O–H groups in total. The molecule has 2 rings (SSSR count). The van der Waals surface area contributed by atoms with Gasteiger partial charge in [-0.3, -0.25) is 19.2 Å². The number of aliphatic hydroxyl groups excluding tert-OH is 1. The maximum Gasteiger partial charge on any atom is 0.326 e. The fourth-order valence-electron chi connectivity index (χ4n) is 3.14. The largest absolute Gasteiger partial charge is 0.481 e. The molecule has 0 bridgehead atoms. The zero-order chi connectivity index (χ0) is 25.4. The van der Waals surface area contributed by atoms with E-state index in [1.165, 1.54) is 6.92 Å². The van der Waals surface area contributed by atoms with Gasteiger partial charge in [0.05, 0.1) is 13.0 Å². The molecule has 34 heavy (non-hydrogen) atoms. The van der Waals surface area contributed by atoms with E-state index in [1.807, 2.05) is 6.07 Å². The number of carbonyl (C=O) groups is 5. The number of rotatable bonds is 12. The molecular weight excluding hydrogens is 450 g/mol. The number of carbonyl (C=O) groups excluding carboxylic acids is 3. The number of aromatic amines is 1. The molecule has 4 unspecified atom stereocenters. The first-order chi connectivity index (χ1) is 16.0. The maximum atomic E-state index is 12.9. The Morgan fingerprint density at radius 2 is 1.62 bits per heavy atom. The van der Waals surface area contributed by atoms with Gasteiger partial charge in [-0.15, -0.1) is 0 Å². The Morgan fingerprint density at radius 1 is 0.971 bits per heavy atom. The van der Waals surface area contributed by atoms with Crippen LogP contribution in [-0.2, 0) is 30.4 Å². The van der Waals surface area contributed by atoms with Crippen LogP contribution in [0.2, 0.25) is 0 Å². The van der Waals surface area contributed by atoms with Crippen molar-refractivity contribution in [3.8, 4) is 0 Å². The van der Waals surface area contributed by atoms with Crippen molar-refractivity contribution in [1.29, 1.82) is 0 Å². The van der Waals surface area contributed by atoms with Gasteiger partial charge in [-0.05, 0) is 18.6 Å². The highest BCUT2D eigenvalue weighted by atomic mass is 16.4. The maximum absolute atomic E-state index is 12.9. The minimum atomic E-state index is -1.72. The van der Waals surface area contributed by atoms with E-state index in [4.69, 9.17) is 15.9 Å². The zero-order valence-corrected chi connectivity index (χ0v) is 18.3. The molecule has 13 nitrogen and oxygen atoms in total. The van der Waals surface area contributed by atoms with Crippen LogP contribution in [0.4, 0.5) is 0 Å². The summed E-state index contributed by atoms with van der Waals surface area (Å²) in [5.74, 6) is -5.45. The van der Waals surface area contributed by atoms with E-state index in [-0.39, 0.29) is 6.42 Å². The van der Waals surface area contributed by atoms with Crippen LogP contribution in [0.1, 0.15) is 18.9 Å². The number of fused-ring (bicyclic) bond motifs is 1. The number of carboxylic acids is 2. The molecule has 0 saturated carbocycles. The number of nitrogens with two attached hydrogens (primary N) is 1. The first-order valence-electron chi connectivity index (χ1n) is 10.3. The number of carboxylic acid groups (broad SMARTS) is 2. The monoisotopic (exact) mass is 477 g/mol. The molecule has 2 aromatic rings. The second kappa shape index (κ2) is 11.8. The Labute approximate surface area is 193 Å². The van der Waals surface area contributed by atoms with Crippen LogP contribution in [0.15, 0.2) is 30.5 Å². The Morgan fingerprint density at radius 3 is 2.24 bits per heavy atom. The number of hydrogen-bond donors (Lipinski definition) is 8. The molecule has 0 radical (unpaired) electrons. The molecule has 0 saturated heterocycles. The van der Waals surface area contributed by atoms with Crippen LogP contribution in [-0.4, -0.2) is 80.7 Å². The van der Waals surface area contributed by atoms with Crippen molar-refractivity contribution in [2.24, 2.45) is 5.73 Å². The van der Waals surface area contributed by atoms with Gasteiger partial charge in [0, 0.05) is 23.5 Å². The summed E-state index contributed by atoms with van der Waals surface area (Å²) >= 11 is 0. The number of nitrogens with one attached hydrogen (secondary N) is 4. The summed E-state index contributed by atoms with van der Waals surface area (Å²) in [5, 5.41) is 34.8. The van der Waals surface area contributed by atoms with Gasteiger partial charge in [0.25, 0.3) is 0 Å². The topological polar surface area (TPSA) is 224 Å². The summed E-state index contributed by atoms with van der Waals surface area (Å²) in [6, 6.07) is 1.79. The Balaban J connectivity index is 2.24. The lowest BCUT2D eigenvalue weighted by Gasteiger charge is -2.23. The first kappa shape index (κ1) is 26.3. The Kier molecular flexibility index (Phi) is 9.10. The zero-order valence-electron chi connectivity index (χ0n) is 18.3. The van der Waals surface area contributed by atoms with Crippen molar-refractivity contribution in [3.63, 3.8) is 0 Å². The summed E-state index contributed by atoms with van der Waals surface area (Å²) < 4.78 is 0. The van der Waals surface area contributed by atoms with Crippen LogP contribution < -0.4 is 21.7 Å². The summed E-state index contributed by atoms with van der Waals surface area (Å²) in [5.41, 5.74) is 6.83. The first-order valence-corrected chi connectivity index (χ1v) is 10.3. The molecule has 1 aromatic heterocycles. The Bertz CT molecular complexity index is 1070. The average Bonchev–Trinajstić information content (AvgIpc) is 3.19. The van der Waals surface area contributed by atoms with Crippen LogP contribution in [0, 0.1) is 0 Å². The highest BCUT2D eigenvalue weighted by Gasteiger charge is 2.30. The van der Waals surface area contributed by atoms with E-state index in [1.54, 1.807) is 24.4 Å². The van der Waals surface area contributed by atoms with Crippen molar-refractivity contribution >= 4 is 40.6 Å². The molecule has 4 atom stereocenters. The number of hydrogen-bond acceptors (Lipinski definition) is 7. The van der Waals surface area contributed by atoms with E-state index in [0.29, 0.717) is 5.56 Å². The van der Waals surface area contributed by atoms with Crippen molar-refractivity contribution in [1.82, 2.24) is 20.9 Å². The molecule has 0 aliphatic rings. The third kappa shape index (κ3) is 7.02. The minimum Gasteiger partial charge on any atom is -0.481 e. The summed E-state index contributed by atoms with van der Waals surface area (Å²) in [6.07, 6.45) is 0.715. The van der Waals surface area contributed by atoms with E-state index < -0.39 is 66.9 Å². The molecule has 184 valence electrons. The predicted molar refractivity (Wildman–Crippen MR) is 118 cm³/mol. The van der Waals surface area contributed by atoms with Crippen LogP contribution >= 0.6 is 0 Å². The molecule has 1 heterocycles. The van der Waals surface area contributed by atoms with Gasteiger partial charge in [0.1, 0.15) is 24.2 Å². The van der Waals surface area contributed by atoms with E-state index in [2.05, 4.69) is 20.9 Å². The van der Waals surface area contributed by atoms with Gasteiger partial charge in [0.2, 0.25) is 17.7 Å². The van der Waals surface area contributed by atoms with Crippen molar-refractivity contribution in [2.45, 2.75) is 43.9 Å². The highest BCUT2D eigenvalue weighted by molar-refractivity contribution is 5.95. The summed E-state index contributed by atoms with van der Waals surface area (Å²) in [7, 11) is 0. The summed E-state index contributed by atoms with van der Waals surface area (Å²) in [4.78, 5) is 62.8. The predicted octanol–water partition coefficient (Wildman–Crippen LogP) is -1.94. The third-order valence-electron chi connectivity index (χ3n) is 5.01. The van der Waals surface area contributed by atoms with Crippen molar-refractivity contribution in [3.05, 3.63) is 36.0 Å². The molecule has 1 aromatic carbocycles. The lowest BCUT2D eigenvalue weighted by atomic mass is 10.0. The molecule has 0 aliphatic heterocycles. The van der Waals surface area contributed by atoms with Crippen LogP contribution in [0.3, 0.4) is 0 Å². The number of amides is 3. The second-order valence-corrected chi connectivity index (χ2v) is 7.64. The Hall–Kier alpha value is -3.97. The van der Waals surface area contributed by atoms with Gasteiger partial charge in [-0.25, -0.2) is 4.79 Å². The lowest BCUT2D eigenvalue weighted by molar-refractivity contribution is -0.147. The van der Waals surface area contributed by atoms with E-state index in [9.17, 15) is 29.1 Å². The van der Waals surface area contributed by atoms with Crippen molar-refractivity contribution < 1.29 is 39.3 Å². The molecule has 0 fully saturated rings. The lowest BCUT2D eigenvalue weighted by Crippen LogP contribution is -2.57. The normalized spacial score (nSPS) is 14.4. The van der Waals surface area contributed by atoms with E-state index >= 15 is 0 Å². The number of H-pyrrole nitrogens is 1. The quantitative estimate of drug-likeness (QED) is 0.170. The fourth-order valence-corrected chi connectivity index (χ4v) is 3.14. The number of aliphatic hydroxyl groups is 1.